The predicted octanol–water partition coefficient (Wildman–Crippen LogP) is 5.39. The molecule has 0 aromatic rings. The quantitative estimate of drug-likeness (QED) is 0.511. The van der Waals surface area contributed by atoms with Gasteiger partial charge in [0.1, 0.15) is 0 Å². The van der Waals surface area contributed by atoms with E-state index in [9.17, 15) is 0 Å². The lowest BCUT2D eigenvalue weighted by Gasteiger charge is -2.30. The summed E-state index contributed by atoms with van der Waals surface area (Å²) in [6.07, 6.45) is 15.6. The molecule has 1 aliphatic heterocycles. The predicted molar refractivity (Wildman–Crippen MR) is 90.2 cm³/mol. The molecular weight excluding hydrogens is 250 g/mol. The van der Waals surface area contributed by atoms with E-state index in [2.05, 4.69) is 30.9 Å². The summed E-state index contributed by atoms with van der Waals surface area (Å²) in [6.45, 7) is 5.78. The van der Waals surface area contributed by atoms with Gasteiger partial charge >= 0.3 is 0 Å². The van der Waals surface area contributed by atoms with Crippen LogP contribution in [0.5, 0.6) is 0 Å². The summed E-state index contributed by atoms with van der Waals surface area (Å²) in [5.41, 5.74) is 0. The maximum absolute atomic E-state index is 3.82. The van der Waals surface area contributed by atoms with Crippen LogP contribution < -0.4 is 5.32 Å². The average Bonchev–Trinajstić information content (AvgIpc) is 2.46. The third kappa shape index (κ3) is 8.24. The molecule has 0 spiro atoms. The van der Waals surface area contributed by atoms with Gasteiger partial charge in [-0.1, -0.05) is 58.8 Å². The average molecular weight is 286 g/mol. The molecule has 1 saturated heterocycles. The highest BCUT2D eigenvalue weighted by Gasteiger charge is 2.23. The molecule has 1 rings (SSSR count). The van der Waals surface area contributed by atoms with Crippen molar-refractivity contribution in [3.63, 3.8) is 0 Å². The lowest BCUT2D eigenvalue weighted by molar-refractivity contribution is 0.421. The van der Waals surface area contributed by atoms with Crippen molar-refractivity contribution in [3.05, 3.63) is 0 Å². The number of rotatable bonds is 11. The van der Waals surface area contributed by atoms with Gasteiger partial charge < -0.3 is 5.32 Å². The summed E-state index contributed by atoms with van der Waals surface area (Å²) in [4.78, 5) is 0. The standard InChI is InChI=1S/C17H35NS/c1-3-5-6-7-8-9-12-16(18-14-4-2)17-13-10-11-15-19-17/h16-18H,3-15H2,1-2H3. The lowest BCUT2D eigenvalue weighted by atomic mass is 10.00. The first-order valence-electron chi connectivity index (χ1n) is 8.73. The number of nitrogens with one attached hydrogen (secondary N) is 1. The second kappa shape index (κ2) is 12.1. The molecule has 1 heterocycles. The minimum atomic E-state index is 0.788. The van der Waals surface area contributed by atoms with Crippen LogP contribution in [0.2, 0.25) is 0 Å². The molecule has 2 unspecified atom stereocenters. The first-order valence-corrected chi connectivity index (χ1v) is 9.78. The summed E-state index contributed by atoms with van der Waals surface area (Å²) in [7, 11) is 0. The Bertz CT molecular complexity index is 190. The van der Waals surface area contributed by atoms with Crippen LogP contribution in [0.25, 0.3) is 0 Å². The van der Waals surface area contributed by atoms with Gasteiger partial charge in [0.25, 0.3) is 0 Å². The summed E-state index contributed by atoms with van der Waals surface area (Å²) < 4.78 is 0. The van der Waals surface area contributed by atoms with Gasteiger partial charge in [-0.25, -0.2) is 0 Å². The zero-order valence-electron chi connectivity index (χ0n) is 13.3. The van der Waals surface area contributed by atoms with Crippen molar-refractivity contribution in [1.82, 2.24) is 5.32 Å². The minimum Gasteiger partial charge on any atom is -0.313 e. The van der Waals surface area contributed by atoms with E-state index in [1.54, 1.807) is 0 Å². The van der Waals surface area contributed by atoms with Crippen molar-refractivity contribution in [1.29, 1.82) is 0 Å². The van der Waals surface area contributed by atoms with Gasteiger partial charge in [0.2, 0.25) is 0 Å². The zero-order chi connectivity index (χ0) is 13.8. The van der Waals surface area contributed by atoms with Crippen LogP contribution in [0.1, 0.15) is 84.5 Å². The SMILES string of the molecule is CCCCCCCCC(NCCC)C1CCCCS1. The number of hydrogen-bond donors (Lipinski definition) is 1. The van der Waals surface area contributed by atoms with Crippen LogP contribution in [-0.2, 0) is 0 Å². The Hall–Kier alpha value is 0.310. The molecule has 0 aliphatic carbocycles. The maximum atomic E-state index is 3.82. The highest BCUT2D eigenvalue weighted by atomic mass is 32.2. The minimum absolute atomic E-state index is 0.788. The molecule has 2 atom stereocenters. The molecule has 1 fully saturated rings. The summed E-state index contributed by atoms with van der Waals surface area (Å²) >= 11 is 2.23. The normalized spacial score (nSPS) is 21.5. The first kappa shape index (κ1) is 17.4. The lowest BCUT2D eigenvalue weighted by Crippen LogP contribution is -2.39. The molecular formula is C17H35NS. The molecule has 1 aliphatic rings. The molecule has 0 aromatic heterocycles. The fourth-order valence-electron chi connectivity index (χ4n) is 2.98. The monoisotopic (exact) mass is 285 g/mol. The Labute approximate surface area is 125 Å². The van der Waals surface area contributed by atoms with Crippen molar-refractivity contribution in [2.45, 2.75) is 95.8 Å². The van der Waals surface area contributed by atoms with E-state index in [1.165, 1.54) is 82.9 Å². The Kier molecular flexibility index (Phi) is 11.0. The Morgan fingerprint density at radius 3 is 2.47 bits per heavy atom. The fourth-order valence-corrected chi connectivity index (χ4v) is 4.45. The van der Waals surface area contributed by atoms with E-state index in [4.69, 9.17) is 0 Å². The smallest absolute Gasteiger partial charge is 0.0201 e. The highest BCUT2D eigenvalue weighted by Crippen LogP contribution is 2.29. The van der Waals surface area contributed by atoms with Crippen LogP contribution in [0.3, 0.4) is 0 Å². The third-order valence-electron chi connectivity index (χ3n) is 4.19. The second-order valence-electron chi connectivity index (χ2n) is 6.02. The molecule has 0 aromatic carbocycles. The van der Waals surface area contributed by atoms with Crippen molar-refractivity contribution < 1.29 is 0 Å². The topological polar surface area (TPSA) is 12.0 Å². The van der Waals surface area contributed by atoms with Crippen LogP contribution >= 0.6 is 11.8 Å². The van der Waals surface area contributed by atoms with Crippen molar-refractivity contribution >= 4 is 11.8 Å². The molecule has 0 bridgehead atoms. The Morgan fingerprint density at radius 2 is 1.79 bits per heavy atom. The van der Waals surface area contributed by atoms with E-state index >= 15 is 0 Å². The van der Waals surface area contributed by atoms with Crippen molar-refractivity contribution in [2.24, 2.45) is 0 Å². The largest absolute Gasteiger partial charge is 0.313 e. The Balaban J connectivity index is 2.16. The van der Waals surface area contributed by atoms with Gasteiger partial charge in [-0.3, -0.25) is 0 Å². The van der Waals surface area contributed by atoms with Crippen LogP contribution in [0.4, 0.5) is 0 Å². The van der Waals surface area contributed by atoms with E-state index in [0.29, 0.717) is 0 Å². The van der Waals surface area contributed by atoms with Crippen molar-refractivity contribution in [3.8, 4) is 0 Å². The molecule has 1 nitrogen and oxygen atoms in total. The Morgan fingerprint density at radius 1 is 1.00 bits per heavy atom. The molecule has 19 heavy (non-hydrogen) atoms. The molecule has 0 saturated carbocycles. The summed E-state index contributed by atoms with van der Waals surface area (Å²) in [5.74, 6) is 1.39. The summed E-state index contributed by atoms with van der Waals surface area (Å²) in [6, 6.07) is 0.788. The van der Waals surface area contributed by atoms with Gasteiger partial charge in [-0.15, -0.1) is 0 Å². The zero-order valence-corrected chi connectivity index (χ0v) is 14.1. The number of unbranched alkanes of at least 4 members (excludes halogenated alkanes) is 5. The fraction of sp³-hybridized carbons (Fsp3) is 1.00. The number of thioether (sulfide) groups is 1. The molecule has 0 amide bonds. The first-order chi connectivity index (χ1) is 9.38. The van der Waals surface area contributed by atoms with Gasteiger partial charge in [0, 0.05) is 11.3 Å². The summed E-state index contributed by atoms with van der Waals surface area (Å²) in [5, 5.41) is 4.72. The van der Waals surface area contributed by atoms with Gasteiger partial charge in [0.05, 0.1) is 0 Å². The van der Waals surface area contributed by atoms with E-state index < -0.39 is 0 Å². The third-order valence-corrected chi connectivity index (χ3v) is 5.71. The second-order valence-corrected chi connectivity index (χ2v) is 7.37. The van der Waals surface area contributed by atoms with E-state index in [1.807, 2.05) is 0 Å². The van der Waals surface area contributed by atoms with Crippen LogP contribution in [0, 0.1) is 0 Å². The van der Waals surface area contributed by atoms with E-state index in [0.717, 1.165) is 11.3 Å². The van der Waals surface area contributed by atoms with Gasteiger partial charge in [-0.05, 0) is 38.0 Å². The maximum Gasteiger partial charge on any atom is 0.0201 e. The molecule has 1 N–H and O–H groups in total. The highest BCUT2D eigenvalue weighted by molar-refractivity contribution is 8.00. The van der Waals surface area contributed by atoms with Crippen molar-refractivity contribution in [2.75, 3.05) is 12.3 Å². The molecule has 0 radical (unpaired) electrons. The van der Waals surface area contributed by atoms with Gasteiger partial charge in [-0.2, -0.15) is 11.8 Å². The molecule has 114 valence electrons. The van der Waals surface area contributed by atoms with Crippen LogP contribution in [0.15, 0.2) is 0 Å². The molecule has 2 heteroatoms. The number of hydrogen-bond acceptors (Lipinski definition) is 2. The van der Waals surface area contributed by atoms with Crippen LogP contribution in [-0.4, -0.2) is 23.6 Å². The van der Waals surface area contributed by atoms with Gasteiger partial charge in [0.15, 0.2) is 0 Å². The van der Waals surface area contributed by atoms with E-state index in [-0.39, 0.29) is 0 Å².